The molecule has 1 atom stereocenters. The van der Waals surface area contributed by atoms with Crippen molar-refractivity contribution in [3.8, 4) is 0 Å². The Hall–Kier alpha value is -1.66. The Balaban J connectivity index is 0.000000284. The van der Waals surface area contributed by atoms with Crippen LogP contribution in [0.2, 0.25) is 0 Å². The molecule has 2 rings (SSSR count). The number of halogens is 1. The fourth-order valence-corrected chi connectivity index (χ4v) is 2.86. The van der Waals surface area contributed by atoms with Gasteiger partial charge in [-0.3, -0.25) is 0 Å². The van der Waals surface area contributed by atoms with Crippen LogP contribution in [-0.4, -0.2) is 35.2 Å². The SMILES string of the molecule is Brc1ccccc1CC1CCCNCC1.O=C(O)C=CC(=O)O. The predicted octanol–water partition coefficient (Wildman–Crippen LogP) is 3.09. The highest BCUT2D eigenvalue weighted by Gasteiger charge is 2.13. The number of carboxylic acid groups (broad SMARTS) is 2. The van der Waals surface area contributed by atoms with Gasteiger partial charge in [-0.05, 0) is 56.3 Å². The highest BCUT2D eigenvalue weighted by atomic mass is 79.9. The van der Waals surface area contributed by atoms with E-state index in [-0.39, 0.29) is 0 Å². The second-order valence-corrected chi connectivity index (χ2v) is 6.21. The van der Waals surface area contributed by atoms with Gasteiger partial charge >= 0.3 is 11.9 Å². The number of hydrogen-bond donors (Lipinski definition) is 3. The maximum atomic E-state index is 9.55. The van der Waals surface area contributed by atoms with Gasteiger partial charge in [-0.1, -0.05) is 34.1 Å². The Morgan fingerprint density at radius 3 is 2.39 bits per heavy atom. The Morgan fingerprint density at radius 2 is 1.78 bits per heavy atom. The van der Waals surface area contributed by atoms with Crippen LogP contribution in [0, 0.1) is 5.92 Å². The van der Waals surface area contributed by atoms with Crippen LogP contribution in [0.3, 0.4) is 0 Å². The summed E-state index contributed by atoms with van der Waals surface area (Å²) in [6.07, 6.45) is 6.36. The summed E-state index contributed by atoms with van der Waals surface area (Å²) in [6, 6.07) is 8.60. The first-order valence-electron chi connectivity index (χ1n) is 7.57. The minimum atomic E-state index is -1.26. The van der Waals surface area contributed by atoms with Crippen LogP contribution < -0.4 is 5.32 Å². The second kappa shape index (κ2) is 11.0. The summed E-state index contributed by atoms with van der Waals surface area (Å²) in [6.45, 7) is 2.39. The van der Waals surface area contributed by atoms with Crippen LogP contribution in [0.25, 0.3) is 0 Å². The molecule has 1 saturated heterocycles. The van der Waals surface area contributed by atoms with Crippen molar-refractivity contribution in [2.45, 2.75) is 25.7 Å². The number of hydrogen-bond acceptors (Lipinski definition) is 3. The third-order valence-electron chi connectivity index (χ3n) is 3.53. The Labute approximate surface area is 144 Å². The molecule has 0 radical (unpaired) electrons. The van der Waals surface area contributed by atoms with E-state index >= 15 is 0 Å². The molecule has 0 saturated carbocycles. The van der Waals surface area contributed by atoms with Crippen molar-refractivity contribution in [2.75, 3.05) is 13.1 Å². The summed E-state index contributed by atoms with van der Waals surface area (Å²) in [5.74, 6) is -1.65. The minimum Gasteiger partial charge on any atom is -0.478 e. The van der Waals surface area contributed by atoms with E-state index in [9.17, 15) is 9.59 Å². The fraction of sp³-hybridized carbons (Fsp3) is 0.412. The zero-order valence-corrected chi connectivity index (χ0v) is 14.5. The number of aliphatic carboxylic acids is 2. The fourth-order valence-electron chi connectivity index (χ4n) is 2.41. The predicted molar refractivity (Wildman–Crippen MR) is 92.5 cm³/mol. The van der Waals surface area contributed by atoms with Gasteiger partial charge in [0, 0.05) is 16.6 Å². The molecule has 1 aliphatic heterocycles. The lowest BCUT2D eigenvalue weighted by molar-refractivity contribution is -0.134. The molecule has 126 valence electrons. The molecule has 0 bridgehead atoms. The molecule has 1 fully saturated rings. The summed E-state index contributed by atoms with van der Waals surface area (Å²) in [7, 11) is 0. The average Bonchev–Trinajstić information content (AvgIpc) is 2.77. The number of rotatable bonds is 4. The first kappa shape index (κ1) is 19.4. The number of benzene rings is 1. The maximum Gasteiger partial charge on any atom is 0.328 e. The highest BCUT2D eigenvalue weighted by molar-refractivity contribution is 9.10. The molecule has 3 N–H and O–H groups in total. The van der Waals surface area contributed by atoms with Gasteiger partial charge in [-0.2, -0.15) is 0 Å². The van der Waals surface area contributed by atoms with Crippen LogP contribution in [0.1, 0.15) is 24.8 Å². The molecule has 1 heterocycles. The van der Waals surface area contributed by atoms with Crippen molar-refractivity contribution in [3.63, 3.8) is 0 Å². The first-order valence-corrected chi connectivity index (χ1v) is 8.36. The van der Waals surface area contributed by atoms with Gasteiger partial charge in [-0.25, -0.2) is 9.59 Å². The Bertz CT molecular complexity index is 521. The van der Waals surface area contributed by atoms with Crippen LogP contribution in [0.5, 0.6) is 0 Å². The van der Waals surface area contributed by atoms with Crippen LogP contribution in [-0.2, 0) is 16.0 Å². The normalized spacial score (nSPS) is 17.9. The first-order chi connectivity index (χ1) is 11.0. The average molecular weight is 384 g/mol. The molecule has 1 aromatic carbocycles. The third kappa shape index (κ3) is 9.15. The zero-order chi connectivity index (χ0) is 17.1. The van der Waals surface area contributed by atoms with Crippen molar-refractivity contribution in [2.24, 2.45) is 5.92 Å². The Kier molecular flexibility index (Phi) is 9.24. The highest BCUT2D eigenvalue weighted by Crippen LogP contribution is 2.24. The van der Waals surface area contributed by atoms with E-state index in [4.69, 9.17) is 10.2 Å². The van der Waals surface area contributed by atoms with E-state index in [2.05, 4.69) is 45.5 Å². The number of carboxylic acids is 2. The summed E-state index contributed by atoms with van der Waals surface area (Å²) in [5.41, 5.74) is 1.46. The molecule has 0 amide bonds. The van der Waals surface area contributed by atoms with E-state index in [0.717, 1.165) is 5.92 Å². The molecule has 5 nitrogen and oxygen atoms in total. The van der Waals surface area contributed by atoms with Crippen LogP contribution in [0.15, 0.2) is 40.9 Å². The molecule has 23 heavy (non-hydrogen) atoms. The van der Waals surface area contributed by atoms with E-state index < -0.39 is 11.9 Å². The maximum absolute atomic E-state index is 9.55. The zero-order valence-electron chi connectivity index (χ0n) is 12.9. The molecule has 0 aromatic heterocycles. The van der Waals surface area contributed by atoms with Gasteiger partial charge in [-0.15, -0.1) is 0 Å². The van der Waals surface area contributed by atoms with Gasteiger partial charge in [0.25, 0.3) is 0 Å². The molecular weight excluding hydrogens is 362 g/mol. The monoisotopic (exact) mass is 383 g/mol. The van der Waals surface area contributed by atoms with Gasteiger partial charge in [0.2, 0.25) is 0 Å². The minimum absolute atomic E-state index is 0.558. The molecular formula is C17H22BrNO4. The lowest BCUT2D eigenvalue weighted by Gasteiger charge is -2.14. The molecule has 0 aliphatic carbocycles. The van der Waals surface area contributed by atoms with Crippen molar-refractivity contribution >= 4 is 27.9 Å². The third-order valence-corrected chi connectivity index (χ3v) is 4.30. The summed E-state index contributed by atoms with van der Waals surface area (Å²) >= 11 is 3.63. The Morgan fingerprint density at radius 1 is 1.13 bits per heavy atom. The van der Waals surface area contributed by atoms with E-state index in [1.54, 1.807) is 0 Å². The molecule has 6 heteroatoms. The van der Waals surface area contributed by atoms with Gasteiger partial charge < -0.3 is 15.5 Å². The van der Waals surface area contributed by atoms with Crippen molar-refractivity contribution in [3.05, 3.63) is 46.5 Å². The molecule has 1 aromatic rings. The second-order valence-electron chi connectivity index (χ2n) is 5.35. The number of nitrogens with one attached hydrogen (secondary N) is 1. The van der Waals surface area contributed by atoms with Crippen molar-refractivity contribution in [1.29, 1.82) is 0 Å². The van der Waals surface area contributed by atoms with Gasteiger partial charge in [0.05, 0.1) is 0 Å². The van der Waals surface area contributed by atoms with Gasteiger partial charge in [0.15, 0.2) is 0 Å². The topological polar surface area (TPSA) is 86.6 Å². The van der Waals surface area contributed by atoms with E-state index in [1.807, 2.05) is 0 Å². The standard InChI is InChI=1S/C13H18BrN.C4H4O4/c14-13-6-2-1-5-12(13)10-11-4-3-8-15-9-7-11;5-3(6)1-2-4(7)8/h1-2,5-6,11,15H,3-4,7-10H2;1-2H,(H,5,6)(H,7,8). The summed E-state index contributed by atoms with van der Waals surface area (Å²) in [4.78, 5) is 19.1. The smallest absolute Gasteiger partial charge is 0.328 e. The number of carbonyl (C=O) groups is 2. The summed E-state index contributed by atoms with van der Waals surface area (Å²) in [5, 5.41) is 19.1. The van der Waals surface area contributed by atoms with Gasteiger partial charge in [0.1, 0.15) is 0 Å². The molecule has 1 aliphatic rings. The van der Waals surface area contributed by atoms with E-state index in [1.165, 1.54) is 48.8 Å². The van der Waals surface area contributed by atoms with Crippen LogP contribution >= 0.6 is 15.9 Å². The van der Waals surface area contributed by atoms with Crippen LogP contribution in [0.4, 0.5) is 0 Å². The lowest BCUT2D eigenvalue weighted by atomic mass is 9.93. The lowest BCUT2D eigenvalue weighted by Crippen LogP contribution is -2.14. The largest absolute Gasteiger partial charge is 0.478 e. The quantitative estimate of drug-likeness (QED) is 0.695. The van der Waals surface area contributed by atoms with E-state index in [0.29, 0.717) is 12.2 Å². The van der Waals surface area contributed by atoms with Crippen molar-refractivity contribution in [1.82, 2.24) is 5.32 Å². The molecule has 1 unspecified atom stereocenters. The molecule has 0 spiro atoms. The summed E-state index contributed by atoms with van der Waals surface area (Å²) < 4.78 is 1.27. The van der Waals surface area contributed by atoms with Crippen molar-refractivity contribution < 1.29 is 19.8 Å².